The normalized spacial score (nSPS) is 21.1. The molecule has 21 heavy (non-hydrogen) atoms. The van der Waals surface area contributed by atoms with Crippen LogP contribution in [0.4, 0.5) is 4.79 Å². The Bertz CT molecular complexity index is 451. The molecule has 1 aliphatic rings. The predicted octanol–water partition coefficient (Wildman–Crippen LogP) is 3.49. The third kappa shape index (κ3) is 4.77. The van der Waals surface area contributed by atoms with Crippen molar-refractivity contribution in [2.45, 2.75) is 58.3 Å². The summed E-state index contributed by atoms with van der Waals surface area (Å²) in [5, 5.41) is 0. The van der Waals surface area contributed by atoms with E-state index >= 15 is 0 Å². The molecule has 0 bridgehead atoms. The van der Waals surface area contributed by atoms with Crippen LogP contribution in [0.5, 0.6) is 0 Å². The van der Waals surface area contributed by atoms with Crippen molar-refractivity contribution in [2.75, 3.05) is 13.1 Å². The minimum Gasteiger partial charge on any atom is -0.444 e. The van der Waals surface area contributed by atoms with Crippen molar-refractivity contribution < 1.29 is 14.3 Å². The molecule has 1 aromatic rings. The van der Waals surface area contributed by atoms with Gasteiger partial charge in [-0.1, -0.05) is 0 Å². The molecule has 2 atom stereocenters. The summed E-state index contributed by atoms with van der Waals surface area (Å²) in [6.45, 7) is 9.02. The number of carbonyl (C=O) groups is 1. The summed E-state index contributed by atoms with van der Waals surface area (Å²) in [6, 6.07) is 3.97. The van der Waals surface area contributed by atoms with E-state index in [4.69, 9.17) is 9.47 Å². The molecule has 118 valence electrons. The van der Waals surface area contributed by atoms with Crippen LogP contribution in [0.1, 0.15) is 52.3 Å². The first kappa shape index (κ1) is 15.9. The fourth-order valence-corrected chi connectivity index (χ4v) is 2.50. The fourth-order valence-electron chi connectivity index (χ4n) is 2.50. The molecule has 1 aromatic heterocycles. The Balaban J connectivity index is 1.87. The molecule has 0 unspecified atom stereocenters. The monoisotopic (exact) mass is 294 g/mol. The van der Waals surface area contributed by atoms with Gasteiger partial charge in [0.15, 0.2) is 0 Å². The van der Waals surface area contributed by atoms with E-state index < -0.39 is 5.60 Å². The number of aromatic amines is 1. The first-order valence-electron chi connectivity index (χ1n) is 7.62. The number of nitrogens with zero attached hydrogens (tertiary/aromatic N) is 1. The topological polar surface area (TPSA) is 54.6 Å². The first-order chi connectivity index (χ1) is 9.85. The largest absolute Gasteiger partial charge is 0.444 e. The van der Waals surface area contributed by atoms with Crippen LogP contribution in [0.25, 0.3) is 0 Å². The highest BCUT2D eigenvalue weighted by Crippen LogP contribution is 2.23. The number of H-pyrrole nitrogens is 1. The molecule has 1 amide bonds. The lowest BCUT2D eigenvalue weighted by Crippen LogP contribution is -2.45. The molecule has 2 heterocycles. The van der Waals surface area contributed by atoms with Crippen molar-refractivity contribution in [2.24, 2.45) is 0 Å². The van der Waals surface area contributed by atoms with Crippen LogP contribution in [-0.4, -0.2) is 40.8 Å². The number of nitrogens with one attached hydrogen (secondary N) is 1. The average molecular weight is 294 g/mol. The van der Waals surface area contributed by atoms with Crippen LogP contribution in [0.2, 0.25) is 0 Å². The highest BCUT2D eigenvalue weighted by Gasteiger charge is 2.29. The van der Waals surface area contributed by atoms with Crippen LogP contribution in [-0.2, 0) is 9.47 Å². The van der Waals surface area contributed by atoms with Crippen molar-refractivity contribution in [3.63, 3.8) is 0 Å². The Labute approximate surface area is 126 Å². The second-order valence-corrected chi connectivity index (χ2v) is 6.59. The van der Waals surface area contributed by atoms with E-state index in [2.05, 4.69) is 4.98 Å². The number of hydrogen-bond acceptors (Lipinski definition) is 3. The molecule has 0 aromatic carbocycles. The summed E-state index contributed by atoms with van der Waals surface area (Å²) in [6.07, 6.45) is 3.63. The van der Waals surface area contributed by atoms with E-state index in [-0.39, 0.29) is 18.3 Å². The van der Waals surface area contributed by atoms with E-state index in [1.165, 1.54) is 0 Å². The average Bonchev–Trinajstić information content (AvgIpc) is 2.91. The molecular weight excluding hydrogens is 268 g/mol. The van der Waals surface area contributed by atoms with Gasteiger partial charge in [-0.3, -0.25) is 0 Å². The maximum atomic E-state index is 12.1. The number of aromatic nitrogens is 1. The highest BCUT2D eigenvalue weighted by atomic mass is 16.6. The van der Waals surface area contributed by atoms with Crippen LogP contribution in [0.15, 0.2) is 18.3 Å². The Morgan fingerprint density at radius 3 is 2.86 bits per heavy atom. The standard InChI is InChI=1S/C16H26N2O3/c1-12(14-8-5-9-17-14)20-13-7-6-10-18(11-13)15(19)21-16(2,3)4/h5,8-9,12-13,17H,6-7,10-11H2,1-4H3/t12-,13+/m1/s1. The summed E-state index contributed by atoms with van der Waals surface area (Å²) >= 11 is 0. The fraction of sp³-hybridized carbons (Fsp3) is 0.688. The zero-order chi connectivity index (χ0) is 15.5. The van der Waals surface area contributed by atoms with Gasteiger partial charge in [-0.05, 0) is 52.7 Å². The van der Waals surface area contributed by atoms with Crippen LogP contribution >= 0.6 is 0 Å². The second-order valence-electron chi connectivity index (χ2n) is 6.59. The van der Waals surface area contributed by atoms with Crippen molar-refractivity contribution in [1.29, 1.82) is 0 Å². The second kappa shape index (κ2) is 6.52. The third-order valence-electron chi connectivity index (χ3n) is 3.49. The van der Waals surface area contributed by atoms with E-state index in [0.717, 1.165) is 25.1 Å². The van der Waals surface area contributed by atoms with Gasteiger partial charge in [-0.2, -0.15) is 0 Å². The number of amides is 1. The number of ether oxygens (including phenoxy) is 2. The Morgan fingerprint density at radius 2 is 2.24 bits per heavy atom. The smallest absolute Gasteiger partial charge is 0.410 e. The SMILES string of the molecule is C[C@@H](O[C@H]1CCCN(C(=O)OC(C)(C)C)C1)c1ccc[nH]1. The number of carbonyl (C=O) groups excluding carboxylic acids is 1. The van der Waals surface area contributed by atoms with Crippen molar-refractivity contribution >= 4 is 6.09 Å². The molecule has 5 nitrogen and oxygen atoms in total. The van der Waals surface area contributed by atoms with Gasteiger partial charge in [0.05, 0.1) is 18.8 Å². The highest BCUT2D eigenvalue weighted by molar-refractivity contribution is 5.68. The quantitative estimate of drug-likeness (QED) is 0.928. The van der Waals surface area contributed by atoms with Crippen molar-refractivity contribution in [1.82, 2.24) is 9.88 Å². The summed E-state index contributed by atoms with van der Waals surface area (Å²) in [5.74, 6) is 0. The van der Waals surface area contributed by atoms with Crippen LogP contribution < -0.4 is 0 Å². The zero-order valence-electron chi connectivity index (χ0n) is 13.4. The predicted molar refractivity (Wildman–Crippen MR) is 81.1 cm³/mol. The summed E-state index contributed by atoms with van der Waals surface area (Å²) in [7, 11) is 0. The van der Waals surface area contributed by atoms with Crippen LogP contribution in [0.3, 0.4) is 0 Å². The van der Waals surface area contributed by atoms with E-state index in [9.17, 15) is 4.79 Å². The van der Waals surface area contributed by atoms with Crippen LogP contribution in [0, 0.1) is 0 Å². The van der Waals surface area contributed by atoms with Crippen molar-refractivity contribution in [3.8, 4) is 0 Å². The maximum Gasteiger partial charge on any atom is 0.410 e. The van der Waals surface area contributed by atoms with Crippen molar-refractivity contribution in [3.05, 3.63) is 24.0 Å². The summed E-state index contributed by atoms with van der Waals surface area (Å²) in [5.41, 5.74) is 0.604. The van der Waals surface area contributed by atoms with Gasteiger partial charge >= 0.3 is 6.09 Å². The van der Waals surface area contributed by atoms with E-state index in [1.54, 1.807) is 4.90 Å². The van der Waals surface area contributed by atoms with E-state index in [0.29, 0.717) is 6.54 Å². The summed E-state index contributed by atoms with van der Waals surface area (Å²) in [4.78, 5) is 17.0. The number of rotatable bonds is 3. The van der Waals surface area contributed by atoms with Gasteiger partial charge < -0.3 is 19.4 Å². The Hall–Kier alpha value is -1.49. The molecule has 0 spiro atoms. The number of piperidine rings is 1. The maximum absolute atomic E-state index is 12.1. The molecule has 0 radical (unpaired) electrons. The molecule has 5 heteroatoms. The van der Waals surface area contributed by atoms with Gasteiger partial charge in [0.2, 0.25) is 0 Å². The molecule has 1 fully saturated rings. The zero-order valence-corrected chi connectivity index (χ0v) is 13.4. The Morgan fingerprint density at radius 1 is 1.48 bits per heavy atom. The van der Waals surface area contributed by atoms with Gasteiger partial charge in [0, 0.05) is 18.4 Å². The third-order valence-corrected chi connectivity index (χ3v) is 3.49. The lowest BCUT2D eigenvalue weighted by atomic mass is 10.1. The molecule has 1 saturated heterocycles. The minimum absolute atomic E-state index is 0.00332. The van der Waals surface area contributed by atoms with Gasteiger partial charge in [0.25, 0.3) is 0 Å². The molecule has 0 saturated carbocycles. The molecule has 1 aliphatic heterocycles. The lowest BCUT2D eigenvalue weighted by Gasteiger charge is -2.35. The van der Waals surface area contributed by atoms with Gasteiger partial charge in [-0.15, -0.1) is 0 Å². The molecular formula is C16H26N2O3. The molecule has 2 rings (SSSR count). The molecule has 0 aliphatic carbocycles. The Kier molecular flexibility index (Phi) is 4.93. The minimum atomic E-state index is -0.456. The number of hydrogen-bond donors (Lipinski definition) is 1. The lowest BCUT2D eigenvalue weighted by molar-refractivity contribution is -0.0495. The van der Waals surface area contributed by atoms with Gasteiger partial charge in [0.1, 0.15) is 5.60 Å². The summed E-state index contributed by atoms with van der Waals surface area (Å²) < 4.78 is 11.5. The number of likely N-dealkylation sites (tertiary alicyclic amines) is 1. The molecule has 1 N–H and O–H groups in total. The van der Waals surface area contributed by atoms with E-state index in [1.807, 2.05) is 46.0 Å². The van der Waals surface area contributed by atoms with Gasteiger partial charge in [-0.25, -0.2) is 4.79 Å². The first-order valence-corrected chi connectivity index (χ1v) is 7.62.